The summed E-state index contributed by atoms with van der Waals surface area (Å²) in [7, 11) is 0. The first-order valence-corrected chi connectivity index (χ1v) is 4.69. The standard InChI is InChI=1S/C10H7N5O2/c1-7-2-3-8(15(16)17)10(13-7)14-5-4-12-9(14)6-11/h2-5H,1H3. The summed E-state index contributed by atoms with van der Waals surface area (Å²) in [4.78, 5) is 18.2. The van der Waals surface area contributed by atoms with Gasteiger partial charge in [0.25, 0.3) is 0 Å². The van der Waals surface area contributed by atoms with Gasteiger partial charge in [-0.05, 0) is 13.0 Å². The van der Waals surface area contributed by atoms with Crippen LogP contribution >= 0.6 is 0 Å². The van der Waals surface area contributed by atoms with Gasteiger partial charge < -0.3 is 0 Å². The van der Waals surface area contributed by atoms with E-state index in [-0.39, 0.29) is 17.3 Å². The van der Waals surface area contributed by atoms with E-state index < -0.39 is 4.92 Å². The Labute approximate surface area is 96.1 Å². The van der Waals surface area contributed by atoms with Crippen LogP contribution in [-0.2, 0) is 0 Å². The Bertz CT molecular complexity index is 626. The largest absolute Gasteiger partial charge is 0.312 e. The topological polar surface area (TPSA) is 97.6 Å². The van der Waals surface area contributed by atoms with Crippen molar-refractivity contribution in [1.82, 2.24) is 14.5 Å². The molecule has 17 heavy (non-hydrogen) atoms. The zero-order chi connectivity index (χ0) is 12.4. The van der Waals surface area contributed by atoms with Crippen LogP contribution in [0.25, 0.3) is 5.82 Å². The predicted octanol–water partition coefficient (Wildman–Crippen LogP) is 1.36. The highest BCUT2D eigenvalue weighted by molar-refractivity contribution is 5.49. The lowest BCUT2D eigenvalue weighted by atomic mass is 10.3. The van der Waals surface area contributed by atoms with Gasteiger partial charge in [0.15, 0.2) is 0 Å². The van der Waals surface area contributed by atoms with Crippen molar-refractivity contribution in [3.05, 3.63) is 46.2 Å². The fraction of sp³-hybridized carbons (Fsp3) is 0.100. The third-order valence-corrected chi connectivity index (χ3v) is 2.16. The molecule has 0 aromatic carbocycles. The third-order valence-electron chi connectivity index (χ3n) is 2.16. The van der Waals surface area contributed by atoms with Gasteiger partial charge in [-0.15, -0.1) is 0 Å². The second-order valence-electron chi connectivity index (χ2n) is 3.29. The van der Waals surface area contributed by atoms with Crippen molar-refractivity contribution in [3.63, 3.8) is 0 Å². The first-order chi connectivity index (χ1) is 8.13. The van der Waals surface area contributed by atoms with Crippen LogP contribution in [0.3, 0.4) is 0 Å². The number of hydrogen-bond acceptors (Lipinski definition) is 5. The highest BCUT2D eigenvalue weighted by Gasteiger charge is 2.19. The lowest BCUT2D eigenvalue weighted by molar-refractivity contribution is -0.384. The zero-order valence-electron chi connectivity index (χ0n) is 8.86. The van der Waals surface area contributed by atoms with Gasteiger partial charge in [0.1, 0.15) is 6.07 Å². The second kappa shape index (κ2) is 4.02. The molecule has 0 radical (unpaired) electrons. The predicted molar refractivity (Wildman–Crippen MR) is 57.5 cm³/mol. The van der Waals surface area contributed by atoms with E-state index in [9.17, 15) is 10.1 Å². The molecular weight excluding hydrogens is 222 g/mol. The van der Waals surface area contributed by atoms with Crippen LogP contribution in [0.15, 0.2) is 24.5 Å². The molecule has 7 nitrogen and oxygen atoms in total. The van der Waals surface area contributed by atoms with E-state index in [4.69, 9.17) is 5.26 Å². The Balaban J connectivity index is 2.70. The Morgan fingerprint density at radius 2 is 2.29 bits per heavy atom. The van der Waals surface area contributed by atoms with E-state index in [1.165, 1.54) is 23.0 Å². The van der Waals surface area contributed by atoms with Crippen molar-refractivity contribution < 1.29 is 4.92 Å². The minimum atomic E-state index is -0.539. The summed E-state index contributed by atoms with van der Waals surface area (Å²) < 4.78 is 1.30. The van der Waals surface area contributed by atoms with Crippen LogP contribution in [0.2, 0.25) is 0 Å². The van der Waals surface area contributed by atoms with Crippen molar-refractivity contribution >= 4 is 5.69 Å². The molecule has 0 aliphatic rings. The van der Waals surface area contributed by atoms with Crippen LogP contribution in [0, 0.1) is 28.4 Å². The van der Waals surface area contributed by atoms with E-state index in [1.54, 1.807) is 13.0 Å². The number of imidazole rings is 1. The van der Waals surface area contributed by atoms with Gasteiger partial charge in [-0.25, -0.2) is 9.97 Å². The van der Waals surface area contributed by atoms with E-state index >= 15 is 0 Å². The molecule has 0 saturated carbocycles. The van der Waals surface area contributed by atoms with Gasteiger partial charge in [0.2, 0.25) is 11.6 Å². The molecule has 2 rings (SSSR count). The third kappa shape index (κ3) is 1.83. The molecule has 0 N–H and O–H groups in total. The quantitative estimate of drug-likeness (QED) is 0.571. The minimum Gasteiger partial charge on any atom is -0.270 e. The maximum atomic E-state index is 10.9. The van der Waals surface area contributed by atoms with Crippen molar-refractivity contribution in [2.75, 3.05) is 0 Å². The highest BCUT2D eigenvalue weighted by Crippen LogP contribution is 2.21. The lowest BCUT2D eigenvalue weighted by Gasteiger charge is -2.04. The summed E-state index contributed by atoms with van der Waals surface area (Å²) in [6.07, 6.45) is 2.86. The molecule has 0 spiro atoms. The van der Waals surface area contributed by atoms with Gasteiger partial charge in [-0.2, -0.15) is 5.26 Å². The van der Waals surface area contributed by atoms with Crippen LogP contribution < -0.4 is 0 Å². The van der Waals surface area contributed by atoms with E-state index in [0.717, 1.165) is 0 Å². The Kier molecular flexibility index (Phi) is 2.54. The summed E-state index contributed by atoms with van der Waals surface area (Å²) in [5.41, 5.74) is 0.466. The summed E-state index contributed by atoms with van der Waals surface area (Å²) in [6.45, 7) is 1.72. The number of nitriles is 1. The van der Waals surface area contributed by atoms with E-state index in [2.05, 4.69) is 9.97 Å². The maximum Gasteiger partial charge on any atom is 0.312 e. The molecule has 0 saturated heterocycles. The van der Waals surface area contributed by atoms with Crippen LogP contribution in [0.1, 0.15) is 11.5 Å². The van der Waals surface area contributed by atoms with Gasteiger partial charge in [0.05, 0.1) is 4.92 Å². The second-order valence-corrected chi connectivity index (χ2v) is 3.29. The molecule has 0 aliphatic heterocycles. The first-order valence-electron chi connectivity index (χ1n) is 4.69. The molecule has 0 fully saturated rings. The molecule has 84 valence electrons. The SMILES string of the molecule is Cc1ccc([N+](=O)[O-])c(-n2ccnc2C#N)n1. The number of hydrogen-bond donors (Lipinski definition) is 0. The fourth-order valence-corrected chi connectivity index (χ4v) is 1.41. The van der Waals surface area contributed by atoms with Crippen LogP contribution in [0.4, 0.5) is 5.69 Å². The van der Waals surface area contributed by atoms with Crippen molar-refractivity contribution in [2.45, 2.75) is 6.92 Å². The number of rotatable bonds is 2. The number of nitrogens with zero attached hydrogens (tertiary/aromatic N) is 5. The van der Waals surface area contributed by atoms with Gasteiger partial charge in [-0.1, -0.05) is 0 Å². The van der Waals surface area contributed by atoms with Crippen LogP contribution in [0.5, 0.6) is 0 Å². The highest BCUT2D eigenvalue weighted by atomic mass is 16.6. The van der Waals surface area contributed by atoms with E-state index in [0.29, 0.717) is 5.69 Å². The van der Waals surface area contributed by atoms with E-state index in [1.807, 2.05) is 6.07 Å². The Morgan fingerprint density at radius 3 is 2.94 bits per heavy atom. The molecule has 0 aliphatic carbocycles. The summed E-state index contributed by atoms with van der Waals surface area (Å²) >= 11 is 0. The average molecular weight is 229 g/mol. The molecule has 2 aromatic heterocycles. The molecule has 0 unspecified atom stereocenters. The lowest BCUT2D eigenvalue weighted by Crippen LogP contribution is -2.05. The molecule has 0 atom stereocenters. The van der Waals surface area contributed by atoms with Crippen LogP contribution in [-0.4, -0.2) is 19.5 Å². The number of pyridine rings is 1. The number of nitro groups is 1. The fourth-order valence-electron chi connectivity index (χ4n) is 1.41. The Hall–Kier alpha value is -2.75. The molecule has 7 heteroatoms. The van der Waals surface area contributed by atoms with Crippen molar-refractivity contribution in [3.8, 4) is 11.9 Å². The first kappa shape index (κ1) is 10.8. The number of aryl methyl sites for hydroxylation is 1. The summed E-state index contributed by atoms with van der Waals surface area (Å²) in [5.74, 6) is 0.162. The van der Waals surface area contributed by atoms with Crippen molar-refractivity contribution in [2.24, 2.45) is 0 Å². The molecule has 0 amide bonds. The maximum absolute atomic E-state index is 10.9. The molecule has 2 heterocycles. The molecule has 0 bridgehead atoms. The average Bonchev–Trinajstić information content (AvgIpc) is 2.76. The minimum absolute atomic E-state index is 0.0613. The van der Waals surface area contributed by atoms with Gasteiger partial charge >= 0.3 is 5.69 Å². The van der Waals surface area contributed by atoms with Gasteiger partial charge in [0, 0.05) is 24.2 Å². The monoisotopic (exact) mass is 229 g/mol. The number of aromatic nitrogens is 3. The smallest absolute Gasteiger partial charge is 0.270 e. The molecular formula is C10H7N5O2. The summed E-state index contributed by atoms with van der Waals surface area (Å²) in [6, 6.07) is 4.76. The Morgan fingerprint density at radius 1 is 1.53 bits per heavy atom. The van der Waals surface area contributed by atoms with Gasteiger partial charge in [-0.3, -0.25) is 14.7 Å². The zero-order valence-corrected chi connectivity index (χ0v) is 8.86. The molecule has 2 aromatic rings. The van der Waals surface area contributed by atoms with Crippen molar-refractivity contribution in [1.29, 1.82) is 5.26 Å². The normalized spacial score (nSPS) is 9.88. The summed E-state index contributed by atoms with van der Waals surface area (Å²) in [5, 5.41) is 19.7.